The largest absolute Gasteiger partial charge is 0.418 e. The van der Waals surface area contributed by atoms with Gasteiger partial charge in [0.25, 0.3) is 0 Å². The first-order valence-electron chi connectivity index (χ1n) is 5.53. The molecule has 1 fully saturated rings. The van der Waals surface area contributed by atoms with Gasteiger partial charge in [0, 0.05) is 24.1 Å². The molecule has 0 amide bonds. The van der Waals surface area contributed by atoms with Crippen molar-refractivity contribution in [2.45, 2.75) is 24.3 Å². The van der Waals surface area contributed by atoms with E-state index in [2.05, 4.69) is 15.9 Å². The van der Waals surface area contributed by atoms with Gasteiger partial charge in [-0.1, -0.05) is 22.0 Å². The number of hydrogen-bond donors (Lipinski definition) is 0. The highest BCUT2D eigenvalue weighted by atomic mass is 79.9. The first-order valence-corrected chi connectivity index (χ1v) is 6.65. The predicted octanol–water partition coefficient (Wildman–Crippen LogP) is 4.20. The van der Waals surface area contributed by atoms with Crippen LogP contribution in [0.1, 0.15) is 24.0 Å². The molecule has 1 aromatic rings. The van der Waals surface area contributed by atoms with Crippen LogP contribution >= 0.6 is 15.9 Å². The van der Waals surface area contributed by atoms with E-state index in [0.717, 1.165) is 25.9 Å². The number of benzene rings is 1. The Labute approximate surface area is 107 Å². The topological polar surface area (TPSA) is 3.24 Å². The summed E-state index contributed by atoms with van der Waals surface area (Å²) in [4.78, 5) is 1.82. The van der Waals surface area contributed by atoms with Crippen LogP contribution in [0.4, 0.5) is 18.9 Å². The maximum absolute atomic E-state index is 13.0. The number of nitrogens with zero attached hydrogens (tertiary/aromatic N) is 1. The standard InChI is InChI=1S/C12H13BrF3N/c13-8-9-3-4-11(17-5-1-2-6-17)10(7-9)12(14,15)16/h3-4,7H,1-2,5-6,8H2. The second-order valence-corrected chi connectivity index (χ2v) is 4.74. The zero-order valence-corrected chi connectivity index (χ0v) is 10.8. The molecule has 1 aliphatic heterocycles. The average Bonchev–Trinajstić information content (AvgIpc) is 2.80. The van der Waals surface area contributed by atoms with Crippen LogP contribution in [0.15, 0.2) is 18.2 Å². The average molecular weight is 308 g/mol. The van der Waals surface area contributed by atoms with Crippen molar-refractivity contribution in [3.8, 4) is 0 Å². The smallest absolute Gasteiger partial charge is 0.371 e. The van der Waals surface area contributed by atoms with Gasteiger partial charge in [-0.2, -0.15) is 13.2 Å². The molecule has 1 aliphatic rings. The van der Waals surface area contributed by atoms with Crippen LogP contribution in [0.3, 0.4) is 0 Å². The van der Waals surface area contributed by atoms with E-state index in [1.807, 2.05) is 4.90 Å². The van der Waals surface area contributed by atoms with Crippen molar-refractivity contribution >= 4 is 21.6 Å². The Morgan fingerprint density at radius 2 is 1.82 bits per heavy atom. The minimum absolute atomic E-state index is 0.319. The van der Waals surface area contributed by atoms with Crippen molar-refractivity contribution in [3.05, 3.63) is 29.3 Å². The summed E-state index contributed by atoms with van der Waals surface area (Å²) in [6, 6.07) is 4.57. The van der Waals surface area contributed by atoms with E-state index in [0.29, 0.717) is 16.6 Å². The maximum atomic E-state index is 13.0. The molecule has 17 heavy (non-hydrogen) atoms. The number of hydrogen-bond acceptors (Lipinski definition) is 1. The molecule has 0 radical (unpaired) electrons. The molecule has 5 heteroatoms. The molecule has 0 spiro atoms. The summed E-state index contributed by atoms with van der Waals surface area (Å²) in [5.74, 6) is 0. The van der Waals surface area contributed by atoms with Crippen molar-refractivity contribution in [2.75, 3.05) is 18.0 Å². The third kappa shape index (κ3) is 2.76. The van der Waals surface area contributed by atoms with E-state index in [-0.39, 0.29) is 0 Å². The number of rotatable bonds is 2. The van der Waals surface area contributed by atoms with Gasteiger partial charge in [0.2, 0.25) is 0 Å². The quantitative estimate of drug-likeness (QED) is 0.740. The first kappa shape index (κ1) is 12.7. The van der Waals surface area contributed by atoms with E-state index in [9.17, 15) is 13.2 Å². The Bertz CT molecular complexity index is 397. The summed E-state index contributed by atoms with van der Waals surface area (Å²) in [6.45, 7) is 1.44. The van der Waals surface area contributed by atoms with E-state index in [1.54, 1.807) is 12.1 Å². The highest BCUT2D eigenvalue weighted by Gasteiger charge is 2.35. The van der Waals surface area contributed by atoms with Gasteiger partial charge in [0.1, 0.15) is 0 Å². The van der Waals surface area contributed by atoms with Crippen LogP contribution in [0.25, 0.3) is 0 Å². The summed E-state index contributed by atoms with van der Waals surface area (Å²) in [6.07, 6.45) is -2.34. The van der Waals surface area contributed by atoms with Crippen LogP contribution in [0, 0.1) is 0 Å². The molecule has 0 N–H and O–H groups in total. The van der Waals surface area contributed by atoms with Crippen molar-refractivity contribution in [2.24, 2.45) is 0 Å². The monoisotopic (exact) mass is 307 g/mol. The van der Waals surface area contributed by atoms with E-state index in [1.165, 1.54) is 6.07 Å². The molecule has 1 saturated heterocycles. The molecule has 0 aliphatic carbocycles. The number of alkyl halides is 4. The zero-order valence-electron chi connectivity index (χ0n) is 9.23. The maximum Gasteiger partial charge on any atom is 0.418 e. The third-order valence-corrected chi connectivity index (χ3v) is 3.61. The Balaban J connectivity index is 2.42. The van der Waals surface area contributed by atoms with Crippen LogP contribution in [0.2, 0.25) is 0 Å². The third-order valence-electron chi connectivity index (χ3n) is 2.97. The fourth-order valence-corrected chi connectivity index (χ4v) is 2.48. The molecule has 0 bridgehead atoms. The molecule has 0 unspecified atom stereocenters. The summed E-state index contributed by atoms with van der Waals surface area (Å²) in [7, 11) is 0. The summed E-state index contributed by atoms with van der Waals surface area (Å²) in [5.41, 5.74) is 0.455. The SMILES string of the molecule is FC(F)(F)c1cc(CBr)ccc1N1CCCC1. The Morgan fingerprint density at radius 1 is 1.18 bits per heavy atom. The normalized spacial score (nSPS) is 16.6. The molecule has 1 nitrogen and oxygen atoms in total. The first-order chi connectivity index (χ1) is 8.02. The van der Waals surface area contributed by atoms with Crippen LogP contribution in [-0.2, 0) is 11.5 Å². The van der Waals surface area contributed by atoms with Gasteiger partial charge in [-0.15, -0.1) is 0 Å². The Morgan fingerprint density at radius 3 is 2.35 bits per heavy atom. The number of halogens is 4. The predicted molar refractivity (Wildman–Crippen MR) is 65.5 cm³/mol. The number of anilines is 1. The molecule has 0 atom stereocenters. The highest BCUT2D eigenvalue weighted by Crippen LogP contribution is 2.38. The van der Waals surface area contributed by atoms with Gasteiger partial charge in [-0.05, 0) is 30.5 Å². The fraction of sp³-hybridized carbons (Fsp3) is 0.500. The fourth-order valence-electron chi connectivity index (χ4n) is 2.13. The summed E-state index contributed by atoms with van der Waals surface area (Å²) < 4.78 is 38.9. The van der Waals surface area contributed by atoms with Crippen LogP contribution in [0.5, 0.6) is 0 Å². The molecule has 94 valence electrons. The van der Waals surface area contributed by atoms with Crippen LogP contribution in [-0.4, -0.2) is 13.1 Å². The molecule has 1 aromatic carbocycles. The van der Waals surface area contributed by atoms with Gasteiger partial charge in [-0.25, -0.2) is 0 Å². The Hall–Kier alpha value is -0.710. The van der Waals surface area contributed by atoms with E-state index >= 15 is 0 Å². The van der Waals surface area contributed by atoms with Crippen molar-refractivity contribution < 1.29 is 13.2 Å². The molecular weight excluding hydrogens is 295 g/mol. The summed E-state index contributed by atoms with van der Waals surface area (Å²) in [5, 5.41) is 0.441. The van der Waals surface area contributed by atoms with Crippen molar-refractivity contribution in [1.29, 1.82) is 0 Å². The highest BCUT2D eigenvalue weighted by molar-refractivity contribution is 9.08. The lowest BCUT2D eigenvalue weighted by atomic mass is 10.1. The van der Waals surface area contributed by atoms with Gasteiger partial charge in [0.05, 0.1) is 5.56 Å². The minimum Gasteiger partial charge on any atom is -0.371 e. The zero-order chi connectivity index (χ0) is 12.5. The van der Waals surface area contributed by atoms with Gasteiger partial charge in [0.15, 0.2) is 0 Å². The van der Waals surface area contributed by atoms with E-state index < -0.39 is 11.7 Å². The van der Waals surface area contributed by atoms with E-state index in [4.69, 9.17) is 0 Å². The molecule has 0 saturated carbocycles. The van der Waals surface area contributed by atoms with Crippen molar-refractivity contribution in [1.82, 2.24) is 0 Å². The lowest BCUT2D eigenvalue weighted by Crippen LogP contribution is -2.22. The van der Waals surface area contributed by atoms with Gasteiger partial charge < -0.3 is 4.90 Å². The molecule has 0 aromatic heterocycles. The van der Waals surface area contributed by atoms with Gasteiger partial charge in [-0.3, -0.25) is 0 Å². The molecular formula is C12H13BrF3N. The summed E-state index contributed by atoms with van der Waals surface area (Å²) >= 11 is 3.19. The Kier molecular flexibility index (Phi) is 3.66. The molecule has 2 rings (SSSR count). The minimum atomic E-state index is -4.28. The second-order valence-electron chi connectivity index (χ2n) is 4.18. The van der Waals surface area contributed by atoms with Crippen LogP contribution < -0.4 is 4.90 Å². The van der Waals surface area contributed by atoms with Gasteiger partial charge >= 0.3 is 6.18 Å². The lowest BCUT2D eigenvalue weighted by molar-refractivity contribution is -0.137. The molecule has 1 heterocycles. The van der Waals surface area contributed by atoms with Crippen molar-refractivity contribution in [3.63, 3.8) is 0 Å². The lowest BCUT2D eigenvalue weighted by Gasteiger charge is -2.23. The second kappa shape index (κ2) is 4.88.